The predicted octanol–water partition coefficient (Wildman–Crippen LogP) is 3.11. The van der Waals surface area contributed by atoms with E-state index in [1.54, 1.807) is 18.5 Å². The Balaban J connectivity index is 1.84. The highest BCUT2D eigenvalue weighted by molar-refractivity contribution is 5.90. The van der Waals surface area contributed by atoms with Crippen LogP contribution in [0.4, 0.5) is 0 Å². The molecule has 0 aliphatic rings. The van der Waals surface area contributed by atoms with E-state index in [4.69, 9.17) is 4.74 Å². The van der Waals surface area contributed by atoms with Crippen molar-refractivity contribution < 1.29 is 19.1 Å². The lowest BCUT2D eigenvalue weighted by atomic mass is 10.0. The van der Waals surface area contributed by atoms with Crippen LogP contribution in [0.3, 0.4) is 0 Å². The fourth-order valence-electron chi connectivity index (χ4n) is 2.56. The molecule has 0 radical (unpaired) electrons. The van der Waals surface area contributed by atoms with E-state index >= 15 is 0 Å². The monoisotopic (exact) mass is 350 g/mol. The molecule has 0 bridgehead atoms. The first-order valence-electron chi connectivity index (χ1n) is 8.06. The molecule has 3 aromatic rings. The third-order valence-electron chi connectivity index (χ3n) is 3.88. The van der Waals surface area contributed by atoms with Gasteiger partial charge in [0.05, 0.1) is 18.9 Å². The minimum Gasteiger partial charge on any atom is -0.488 e. The zero-order valence-corrected chi connectivity index (χ0v) is 14.3. The second-order valence-electron chi connectivity index (χ2n) is 5.61. The van der Waals surface area contributed by atoms with Gasteiger partial charge in [-0.25, -0.2) is 0 Å². The molecule has 0 aliphatic heterocycles. The number of hydrogen-bond donors (Lipinski definition) is 0. The van der Waals surface area contributed by atoms with Gasteiger partial charge in [0.25, 0.3) is 0 Å². The summed E-state index contributed by atoms with van der Waals surface area (Å²) in [5.74, 6) is 0.109. The number of ether oxygens (including phenoxy) is 2. The molecule has 0 amide bonds. The summed E-state index contributed by atoms with van der Waals surface area (Å²) >= 11 is 0. The smallest absolute Gasteiger partial charge is 0.327 e. The lowest BCUT2D eigenvalue weighted by Crippen LogP contribution is -2.11. The topological polar surface area (TPSA) is 70.4 Å². The van der Waals surface area contributed by atoms with E-state index in [-0.39, 0.29) is 6.54 Å². The average molecular weight is 350 g/mol. The molecule has 1 heterocycles. The van der Waals surface area contributed by atoms with Crippen molar-refractivity contribution in [2.75, 3.05) is 7.11 Å². The van der Waals surface area contributed by atoms with Crippen molar-refractivity contribution in [3.8, 4) is 16.9 Å². The number of methoxy groups -OCH3 is 1. The molecule has 1 aromatic heterocycles. The lowest BCUT2D eigenvalue weighted by Gasteiger charge is -2.11. The van der Waals surface area contributed by atoms with Gasteiger partial charge < -0.3 is 9.47 Å². The molecular weight excluding hydrogens is 332 g/mol. The molecule has 6 nitrogen and oxygen atoms in total. The van der Waals surface area contributed by atoms with Crippen molar-refractivity contribution in [3.63, 3.8) is 0 Å². The minimum atomic E-state index is -0.393. The van der Waals surface area contributed by atoms with Crippen LogP contribution in [0.5, 0.6) is 5.75 Å². The third kappa shape index (κ3) is 3.97. The molecule has 0 saturated carbocycles. The van der Waals surface area contributed by atoms with E-state index in [1.807, 2.05) is 42.5 Å². The second kappa shape index (κ2) is 8.11. The van der Waals surface area contributed by atoms with E-state index < -0.39 is 5.97 Å². The Hall–Kier alpha value is -3.41. The van der Waals surface area contributed by atoms with Crippen LogP contribution in [0.15, 0.2) is 60.9 Å². The molecule has 0 N–H and O–H groups in total. The van der Waals surface area contributed by atoms with Crippen LogP contribution in [0.25, 0.3) is 11.1 Å². The minimum absolute atomic E-state index is 0.0110. The molecule has 0 atom stereocenters. The Morgan fingerprint density at radius 2 is 1.96 bits per heavy atom. The van der Waals surface area contributed by atoms with Crippen molar-refractivity contribution in [2.45, 2.75) is 13.2 Å². The summed E-state index contributed by atoms with van der Waals surface area (Å²) in [6, 6.07) is 15.1. The van der Waals surface area contributed by atoms with Crippen molar-refractivity contribution >= 4 is 12.3 Å². The quantitative estimate of drug-likeness (QED) is 0.484. The molecule has 3 rings (SSSR count). The van der Waals surface area contributed by atoms with Gasteiger partial charge in [-0.05, 0) is 17.2 Å². The molecule has 0 saturated heterocycles. The number of aromatic nitrogens is 2. The SMILES string of the molecule is COC(=O)Cn1cc(-c2cccc(OCc3ccccc3)c2C=O)cn1. The highest BCUT2D eigenvalue weighted by atomic mass is 16.5. The van der Waals surface area contributed by atoms with Gasteiger partial charge in [0.1, 0.15) is 18.9 Å². The van der Waals surface area contributed by atoms with Crippen molar-refractivity contribution in [3.05, 3.63) is 72.1 Å². The van der Waals surface area contributed by atoms with Crippen LogP contribution >= 0.6 is 0 Å². The number of rotatable bonds is 7. The normalized spacial score (nSPS) is 10.3. The van der Waals surface area contributed by atoms with Gasteiger partial charge in [0, 0.05) is 11.8 Å². The van der Waals surface area contributed by atoms with Crippen LogP contribution in [-0.2, 0) is 22.7 Å². The van der Waals surface area contributed by atoms with Gasteiger partial charge in [-0.1, -0.05) is 42.5 Å². The van der Waals surface area contributed by atoms with E-state index in [0.29, 0.717) is 23.5 Å². The summed E-state index contributed by atoms with van der Waals surface area (Å²) in [6.07, 6.45) is 4.07. The Morgan fingerprint density at radius 3 is 2.69 bits per heavy atom. The first-order chi connectivity index (χ1) is 12.7. The van der Waals surface area contributed by atoms with Crippen molar-refractivity contribution in [2.24, 2.45) is 0 Å². The lowest BCUT2D eigenvalue weighted by molar-refractivity contribution is -0.141. The number of hydrogen-bond acceptors (Lipinski definition) is 5. The molecular formula is C20H18N2O4. The van der Waals surface area contributed by atoms with Crippen LogP contribution in [0.2, 0.25) is 0 Å². The summed E-state index contributed by atoms with van der Waals surface area (Å²) < 4.78 is 11.9. The zero-order valence-electron chi connectivity index (χ0n) is 14.3. The summed E-state index contributed by atoms with van der Waals surface area (Å²) in [7, 11) is 1.32. The second-order valence-corrected chi connectivity index (χ2v) is 5.61. The zero-order chi connectivity index (χ0) is 18.4. The van der Waals surface area contributed by atoms with E-state index in [9.17, 15) is 9.59 Å². The fraction of sp³-hybridized carbons (Fsp3) is 0.150. The van der Waals surface area contributed by atoms with Crippen molar-refractivity contribution in [1.29, 1.82) is 0 Å². The summed E-state index contributed by atoms with van der Waals surface area (Å²) in [5, 5.41) is 4.14. The van der Waals surface area contributed by atoms with Crippen molar-refractivity contribution in [1.82, 2.24) is 9.78 Å². The highest BCUT2D eigenvalue weighted by Gasteiger charge is 2.13. The maximum Gasteiger partial charge on any atom is 0.327 e. The Labute approximate surface area is 151 Å². The predicted molar refractivity (Wildman–Crippen MR) is 95.8 cm³/mol. The molecule has 0 spiro atoms. The summed E-state index contributed by atoms with van der Waals surface area (Å²) in [4.78, 5) is 23.0. The Morgan fingerprint density at radius 1 is 1.15 bits per heavy atom. The number of nitrogens with zero attached hydrogens (tertiary/aromatic N) is 2. The van der Waals surface area contributed by atoms with Gasteiger partial charge in [-0.15, -0.1) is 0 Å². The van der Waals surface area contributed by atoms with Crippen LogP contribution < -0.4 is 4.74 Å². The van der Waals surface area contributed by atoms with Gasteiger partial charge in [-0.2, -0.15) is 5.10 Å². The largest absolute Gasteiger partial charge is 0.488 e. The van der Waals surface area contributed by atoms with Gasteiger partial charge >= 0.3 is 5.97 Å². The first kappa shape index (κ1) is 17.4. The summed E-state index contributed by atoms with van der Waals surface area (Å²) in [6.45, 7) is 0.379. The Bertz CT molecular complexity index is 903. The number of esters is 1. The van der Waals surface area contributed by atoms with Crippen LogP contribution in [0, 0.1) is 0 Å². The van der Waals surface area contributed by atoms with Gasteiger partial charge in [0.2, 0.25) is 0 Å². The van der Waals surface area contributed by atoms with E-state index in [2.05, 4.69) is 9.84 Å². The standard InChI is InChI=1S/C20H18N2O4/c1-25-20(24)12-22-11-16(10-21-22)17-8-5-9-19(18(17)13-23)26-14-15-6-3-2-4-7-15/h2-11,13H,12,14H2,1H3. The van der Waals surface area contributed by atoms with Crippen LogP contribution in [-0.4, -0.2) is 29.1 Å². The Kier molecular flexibility index (Phi) is 5.43. The molecule has 2 aromatic carbocycles. The molecule has 6 heteroatoms. The van der Waals surface area contributed by atoms with E-state index in [1.165, 1.54) is 11.8 Å². The maximum absolute atomic E-state index is 11.7. The van der Waals surface area contributed by atoms with E-state index in [0.717, 1.165) is 17.4 Å². The fourth-order valence-corrected chi connectivity index (χ4v) is 2.56. The summed E-state index contributed by atoms with van der Waals surface area (Å²) in [5.41, 5.74) is 2.88. The molecule has 0 unspecified atom stereocenters. The third-order valence-corrected chi connectivity index (χ3v) is 3.88. The molecule has 0 aliphatic carbocycles. The number of carbonyl (C=O) groups is 2. The molecule has 132 valence electrons. The van der Waals surface area contributed by atoms with Gasteiger partial charge in [-0.3, -0.25) is 14.3 Å². The number of aldehydes is 1. The number of benzene rings is 2. The first-order valence-corrected chi connectivity index (χ1v) is 8.06. The average Bonchev–Trinajstić information content (AvgIpc) is 3.14. The molecule has 26 heavy (non-hydrogen) atoms. The maximum atomic E-state index is 11.7. The van der Waals surface area contributed by atoms with Gasteiger partial charge in [0.15, 0.2) is 6.29 Å². The number of carbonyl (C=O) groups excluding carboxylic acids is 2. The highest BCUT2D eigenvalue weighted by Crippen LogP contribution is 2.29. The molecule has 0 fully saturated rings. The van der Waals surface area contributed by atoms with Crippen LogP contribution in [0.1, 0.15) is 15.9 Å².